The molecular weight excluding hydrogens is 206 g/mol. The van der Waals surface area contributed by atoms with Crippen LogP contribution in [0, 0.1) is 10.8 Å². The molecule has 0 aromatic carbocycles. The normalized spacial score (nSPS) is 26.5. The maximum Gasteiger partial charge on any atom is 0.0369 e. The molecule has 90 valence electrons. The van der Waals surface area contributed by atoms with Gasteiger partial charge < -0.3 is 5.32 Å². The standard InChI is InChI=1S/C13H25N.ClH/c1-7-13(14-6)9-11(2,3)8-12(4,5)10-13;/h7,14H,1,8-10H2,2-6H3;1H. The van der Waals surface area contributed by atoms with Gasteiger partial charge in [0, 0.05) is 5.54 Å². The van der Waals surface area contributed by atoms with Gasteiger partial charge in [0.05, 0.1) is 0 Å². The average molecular weight is 232 g/mol. The molecule has 0 amide bonds. The van der Waals surface area contributed by atoms with E-state index in [0.717, 1.165) is 0 Å². The first-order chi connectivity index (χ1) is 6.24. The SMILES string of the molecule is C=CC1(NC)CC(C)(C)CC(C)(C)C1.Cl. The second-order valence-electron chi connectivity index (χ2n) is 6.47. The summed E-state index contributed by atoms with van der Waals surface area (Å²) in [5.41, 5.74) is 0.975. The van der Waals surface area contributed by atoms with Gasteiger partial charge in [-0.15, -0.1) is 19.0 Å². The molecule has 0 aromatic rings. The monoisotopic (exact) mass is 231 g/mol. The Hall–Kier alpha value is -0.0100. The smallest absolute Gasteiger partial charge is 0.0369 e. The van der Waals surface area contributed by atoms with Gasteiger partial charge in [0.2, 0.25) is 0 Å². The van der Waals surface area contributed by atoms with E-state index in [1.807, 2.05) is 0 Å². The van der Waals surface area contributed by atoms with E-state index in [0.29, 0.717) is 10.8 Å². The van der Waals surface area contributed by atoms with Crippen LogP contribution in [0.25, 0.3) is 0 Å². The first kappa shape index (κ1) is 15.0. The zero-order valence-corrected chi connectivity index (χ0v) is 11.6. The quantitative estimate of drug-likeness (QED) is 0.714. The molecule has 0 radical (unpaired) electrons. The van der Waals surface area contributed by atoms with Crippen molar-refractivity contribution in [3.63, 3.8) is 0 Å². The van der Waals surface area contributed by atoms with Crippen LogP contribution in [0.5, 0.6) is 0 Å². The molecule has 1 nitrogen and oxygen atoms in total. The number of hydrogen-bond donors (Lipinski definition) is 1. The lowest BCUT2D eigenvalue weighted by molar-refractivity contribution is 0.0557. The molecule has 1 fully saturated rings. The van der Waals surface area contributed by atoms with Gasteiger partial charge in [0.15, 0.2) is 0 Å². The number of rotatable bonds is 2. The zero-order valence-electron chi connectivity index (χ0n) is 10.8. The third-order valence-electron chi connectivity index (χ3n) is 3.43. The summed E-state index contributed by atoms with van der Waals surface area (Å²) in [4.78, 5) is 0. The summed E-state index contributed by atoms with van der Waals surface area (Å²) >= 11 is 0. The van der Waals surface area contributed by atoms with Crippen LogP contribution in [-0.2, 0) is 0 Å². The second kappa shape index (κ2) is 4.47. The minimum Gasteiger partial charge on any atom is -0.311 e. The van der Waals surface area contributed by atoms with E-state index in [9.17, 15) is 0 Å². The van der Waals surface area contributed by atoms with Crippen molar-refractivity contribution >= 4 is 12.4 Å². The molecule has 1 aliphatic carbocycles. The molecule has 0 bridgehead atoms. The van der Waals surface area contributed by atoms with Crippen molar-refractivity contribution in [1.82, 2.24) is 5.32 Å². The van der Waals surface area contributed by atoms with E-state index in [2.05, 4.69) is 52.7 Å². The van der Waals surface area contributed by atoms with Crippen LogP contribution in [0.1, 0.15) is 47.0 Å². The van der Waals surface area contributed by atoms with E-state index < -0.39 is 0 Å². The van der Waals surface area contributed by atoms with Crippen molar-refractivity contribution in [2.45, 2.75) is 52.5 Å². The highest BCUT2D eigenvalue weighted by atomic mass is 35.5. The first-order valence-corrected chi connectivity index (χ1v) is 5.57. The summed E-state index contributed by atoms with van der Waals surface area (Å²) in [6, 6.07) is 0. The van der Waals surface area contributed by atoms with E-state index in [-0.39, 0.29) is 17.9 Å². The average Bonchev–Trinajstić information content (AvgIpc) is 1.98. The fourth-order valence-corrected chi connectivity index (χ4v) is 3.61. The lowest BCUT2D eigenvalue weighted by Gasteiger charge is -2.51. The van der Waals surface area contributed by atoms with Crippen molar-refractivity contribution in [3.05, 3.63) is 12.7 Å². The van der Waals surface area contributed by atoms with E-state index >= 15 is 0 Å². The molecule has 1 rings (SSSR count). The molecule has 2 heteroatoms. The molecular formula is C13H26ClN. The Morgan fingerprint density at radius 1 is 1.00 bits per heavy atom. The summed E-state index contributed by atoms with van der Waals surface area (Å²) in [5.74, 6) is 0. The van der Waals surface area contributed by atoms with Gasteiger partial charge in [-0.25, -0.2) is 0 Å². The molecule has 15 heavy (non-hydrogen) atoms. The lowest BCUT2D eigenvalue weighted by atomic mass is 9.58. The predicted molar refractivity (Wildman–Crippen MR) is 70.6 cm³/mol. The predicted octanol–water partition coefficient (Wildman–Crippen LogP) is 3.79. The van der Waals surface area contributed by atoms with Gasteiger partial charge in [0.25, 0.3) is 0 Å². The van der Waals surface area contributed by atoms with Crippen LogP contribution in [-0.4, -0.2) is 12.6 Å². The molecule has 0 saturated heterocycles. The third kappa shape index (κ3) is 3.49. The van der Waals surface area contributed by atoms with E-state index in [1.165, 1.54) is 19.3 Å². The molecule has 0 atom stereocenters. The summed E-state index contributed by atoms with van der Waals surface area (Å²) in [7, 11) is 2.05. The highest BCUT2D eigenvalue weighted by Crippen LogP contribution is 2.50. The second-order valence-corrected chi connectivity index (χ2v) is 6.47. The Bertz CT molecular complexity index is 215. The molecule has 1 aliphatic rings. The van der Waals surface area contributed by atoms with Crippen LogP contribution >= 0.6 is 12.4 Å². The molecule has 1 N–H and O–H groups in total. The number of likely N-dealkylation sites (N-methyl/N-ethyl adjacent to an activating group) is 1. The number of halogens is 1. The van der Waals surface area contributed by atoms with Gasteiger partial charge in [-0.1, -0.05) is 33.8 Å². The van der Waals surface area contributed by atoms with E-state index in [1.54, 1.807) is 0 Å². The summed E-state index contributed by atoms with van der Waals surface area (Å²) in [6.45, 7) is 13.5. The van der Waals surface area contributed by atoms with Crippen LogP contribution in [0.2, 0.25) is 0 Å². The Morgan fingerprint density at radius 2 is 1.40 bits per heavy atom. The Labute approximate surface area is 101 Å². The highest BCUT2D eigenvalue weighted by Gasteiger charge is 2.44. The van der Waals surface area contributed by atoms with Crippen molar-refractivity contribution in [2.24, 2.45) is 10.8 Å². The topological polar surface area (TPSA) is 12.0 Å². The number of nitrogens with one attached hydrogen (secondary N) is 1. The Morgan fingerprint density at radius 3 is 1.67 bits per heavy atom. The first-order valence-electron chi connectivity index (χ1n) is 5.57. The van der Waals surface area contributed by atoms with Gasteiger partial charge in [0.1, 0.15) is 0 Å². The molecule has 1 saturated carbocycles. The van der Waals surface area contributed by atoms with Gasteiger partial charge >= 0.3 is 0 Å². The summed E-state index contributed by atoms with van der Waals surface area (Å²) in [5, 5.41) is 3.46. The fourth-order valence-electron chi connectivity index (χ4n) is 3.61. The lowest BCUT2D eigenvalue weighted by Crippen LogP contribution is -2.52. The van der Waals surface area contributed by atoms with Gasteiger partial charge in [-0.05, 0) is 37.1 Å². The van der Waals surface area contributed by atoms with Gasteiger partial charge in [-0.2, -0.15) is 0 Å². The summed E-state index contributed by atoms with van der Waals surface area (Å²) < 4.78 is 0. The number of hydrogen-bond acceptors (Lipinski definition) is 1. The van der Waals surface area contributed by atoms with Crippen LogP contribution in [0.15, 0.2) is 12.7 Å². The molecule has 0 aliphatic heterocycles. The maximum absolute atomic E-state index is 4.00. The van der Waals surface area contributed by atoms with Crippen LogP contribution < -0.4 is 5.32 Å². The van der Waals surface area contributed by atoms with Crippen LogP contribution in [0.3, 0.4) is 0 Å². The van der Waals surface area contributed by atoms with E-state index in [4.69, 9.17) is 0 Å². The Kier molecular flexibility index (Phi) is 4.46. The van der Waals surface area contributed by atoms with Crippen molar-refractivity contribution in [3.8, 4) is 0 Å². The van der Waals surface area contributed by atoms with Crippen molar-refractivity contribution in [1.29, 1.82) is 0 Å². The summed E-state index contributed by atoms with van der Waals surface area (Å²) in [6.07, 6.45) is 5.81. The van der Waals surface area contributed by atoms with Crippen LogP contribution in [0.4, 0.5) is 0 Å². The molecule has 0 spiro atoms. The molecule has 0 unspecified atom stereocenters. The zero-order chi connectivity index (χ0) is 11.0. The third-order valence-corrected chi connectivity index (χ3v) is 3.43. The maximum atomic E-state index is 4.00. The largest absolute Gasteiger partial charge is 0.311 e. The minimum absolute atomic E-state index is 0. The van der Waals surface area contributed by atoms with Crippen molar-refractivity contribution in [2.75, 3.05) is 7.05 Å². The Balaban J connectivity index is 0.00000196. The van der Waals surface area contributed by atoms with Crippen molar-refractivity contribution < 1.29 is 0 Å². The molecule has 0 aromatic heterocycles. The van der Waals surface area contributed by atoms with Gasteiger partial charge in [-0.3, -0.25) is 0 Å². The highest BCUT2D eigenvalue weighted by molar-refractivity contribution is 5.85. The fraction of sp³-hybridized carbons (Fsp3) is 0.846. The minimum atomic E-state index is 0. The molecule has 0 heterocycles.